The van der Waals surface area contributed by atoms with Crippen LogP contribution in [0, 0.1) is 6.92 Å². The van der Waals surface area contributed by atoms with Crippen LogP contribution < -0.4 is 11.1 Å². The molecule has 0 aliphatic carbocycles. The summed E-state index contributed by atoms with van der Waals surface area (Å²) >= 11 is 0. The summed E-state index contributed by atoms with van der Waals surface area (Å²) in [4.78, 5) is 4.29. The summed E-state index contributed by atoms with van der Waals surface area (Å²) in [6.45, 7) is 4.77. The molecule has 96 valence electrons. The number of aryl methyl sites for hydroxylation is 3. The third-order valence-electron chi connectivity index (χ3n) is 2.83. The summed E-state index contributed by atoms with van der Waals surface area (Å²) in [6, 6.07) is 1.92. The zero-order valence-electron chi connectivity index (χ0n) is 11.1. The van der Waals surface area contributed by atoms with Crippen molar-refractivity contribution in [3.8, 4) is 0 Å². The van der Waals surface area contributed by atoms with E-state index < -0.39 is 0 Å². The highest BCUT2D eigenvalue weighted by Crippen LogP contribution is 2.17. The van der Waals surface area contributed by atoms with Crippen LogP contribution in [0.15, 0.2) is 18.5 Å². The molecule has 5 nitrogen and oxygen atoms in total. The molecule has 18 heavy (non-hydrogen) atoms. The van der Waals surface area contributed by atoms with E-state index in [0.717, 1.165) is 23.5 Å². The number of anilines is 2. The molecule has 2 heterocycles. The zero-order valence-corrected chi connectivity index (χ0v) is 11.1. The van der Waals surface area contributed by atoms with Crippen LogP contribution in [0.1, 0.15) is 23.7 Å². The molecular formula is C13H19N5. The van der Waals surface area contributed by atoms with Crippen LogP contribution in [-0.2, 0) is 20.0 Å². The summed E-state index contributed by atoms with van der Waals surface area (Å²) in [5.41, 5.74) is 9.95. The third kappa shape index (κ3) is 2.61. The Hall–Kier alpha value is -2.04. The number of rotatable bonds is 4. The Kier molecular flexibility index (Phi) is 3.50. The minimum atomic E-state index is 0.678. The maximum absolute atomic E-state index is 5.92. The molecule has 0 aromatic carbocycles. The van der Waals surface area contributed by atoms with Gasteiger partial charge in [-0.1, -0.05) is 6.92 Å². The smallest absolute Gasteiger partial charge is 0.149 e. The molecule has 5 heteroatoms. The van der Waals surface area contributed by atoms with Gasteiger partial charge in [0.1, 0.15) is 5.82 Å². The fourth-order valence-corrected chi connectivity index (χ4v) is 1.95. The van der Waals surface area contributed by atoms with Crippen LogP contribution in [0.5, 0.6) is 0 Å². The topological polar surface area (TPSA) is 68.8 Å². The number of nitrogens with zero attached hydrogens (tertiary/aromatic N) is 3. The predicted molar refractivity (Wildman–Crippen MR) is 73.3 cm³/mol. The fraction of sp³-hybridized carbons (Fsp3) is 0.385. The van der Waals surface area contributed by atoms with E-state index in [2.05, 4.69) is 22.3 Å². The van der Waals surface area contributed by atoms with Gasteiger partial charge in [-0.15, -0.1) is 0 Å². The van der Waals surface area contributed by atoms with Crippen LogP contribution in [0.3, 0.4) is 0 Å². The monoisotopic (exact) mass is 245 g/mol. The Morgan fingerprint density at radius 2 is 2.22 bits per heavy atom. The van der Waals surface area contributed by atoms with Gasteiger partial charge in [0, 0.05) is 31.5 Å². The van der Waals surface area contributed by atoms with Crippen molar-refractivity contribution in [2.45, 2.75) is 26.8 Å². The van der Waals surface area contributed by atoms with Crippen molar-refractivity contribution < 1.29 is 0 Å². The lowest BCUT2D eigenvalue weighted by atomic mass is 10.2. The average molecular weight is 245 g/mol. The first-order valence-corrected chi connectivity index (χ1v) is 6.07. The molecule has 2 aromatic rings. The average Bonchev–Trinajstić information content (AvgIpc) is 2.68. The number of nitrogens with two attached hydrogens (primary N) is 1. The first kappa shape index (κ1) is 12.4. The molecule has 0 bridgehead atoms. The number of hydrogen-bond donors (Lipinski definition) is 2. The lowest BCUT2D eigenvalue weighted by molar-refractivity contribution is 0.746. The number of pyridine rings is 1. The molecule has 0 amide bonds. The Bertz CT molecular complexity index is 544. The van der Waals surface area contributed by atoms with Gasteiger partial charge in [-0.05, 0) is 25.0 Å². The second-order valence-corrected chi connectivity index (χ2v) is 4.43. The Labute approximate surface area is 107 Å². The molecule has 0 unspecified atom stereocenters. The summed E-state index contributed by atoms with van der Waals surface area (Å²) in [5.74, 6) is 0.728. The van der Waals surface area contributed by atoms with E-state index in [-0.39, 0.29) is 0 Å². The van der Waals surface area contributed by atoms with Gasteiger partial charge in [0.25, 0.3) is 0 Å². The highest BCUT2D eigenvalue weighted by Gasteiger charge is 2.07. The molecule has 0 fully saturated rings. The van der Waals surface area contributed by atoms with Gasteiger partial charge in [-0.2, -0.15) is 5.10 Å². The van der Waals surface area contributed by atoms with E-state index in [1.807, 2.05) is 37.1 Å². The molecule has 0 saturated carbocycles. The lowest BCUT2D eigenvalue weighted by Crippen LogP contribution is -2.05. The van der Waals surface area contributed by atoms with E-state index in [0.29, 0.717) is 12.2 Å². The first-order chi connectivity index (χ1) is 8.60. The number of aromatic nitrogens is 3. The Morgan fingerprint density at radius 3 is 2.89 bits per heavy atom. The number of nitrogen functional groups attached to an aromatic ring is 1. The van der Waals surface area contributed by atoms with Gasteiger partial charge in [-0.3, -0.25) is 4.68 Å². The van der Waals surface area contributed by atoms with Crippen LogP contribution in [-0.4, -0.2) is 14.8 Å². The molecule has 3 N–H and O–H groups in total. The molecule has 2 rings (SSSR count). The first-order valence-electron chi connectivity index (χ1n) is 6.07. The van der Waals surface area contributed by atoms with Crippen molar-refractivity contribution in [2.24, 2.45) is 7.05 Å². The van der Waals surface area contributed by atoms with E-state index in [9.17, 15) is 0 Å². The van der Waals surface area contributed by atoms with Crippen LogP contribution in [0.25, 0.3) is 0 Å². The normalized spacial score (nSPS) is 10.6. The fourth-order valence-electron chi connectivity index (χ4n) is 1.95. The van der Waals surface area contributed by atoms with Crippen molar-refractivity contribution in [1.82, 2.24) is 14.8 Å². The highest BCUT2D eigenvalue weighted by molar-refractivity contribution is 5.61. The maximum Gasteiger partial charge on any atom is 0.149 e. The Morgan fingerprint density at radius 1 is 1.44 bits per heavy atom. The van der Waals surface area contributed by atoms with Crippen LogP contribution in [0.4, 0.5) is 11.5 Å². The van der Waals surface area contributed by atoms with Crippen molar-refractivity contribution in [1.29, 1.82) is 0 Å². The molecule has 0 radical (unpaired) electrons. The molecule has 2 aromatic heterocycles. The van der Waals surface area contributed by atoms with Gasteiger partial charge in [0.2, 0.25) is 0 Å². The lowest BCUT2D eigenvalue weighted by Gasteiger charge is -2.08. The van der Waals surface area contributed by atoms with E-state index >= 15 is 0 Å². The summed E-state index contributed by atoms with van der Waals surface area (Å²) < 4.78 is 1.84. The van der Waals surface area contributed by atoms with Crippen molar-refractivity contribution >= 4 is 11.5 Å². The maximum atomic E-state index is 5.92. The minimum absolute atomic E-state index is 0.678. The van der Waals surface area contributed by atoms with Gasteiger partial charge in [0.15, 0.2) is 0 Å². The third-order valence-corrected chi connectivity index (χ3v) is 2.83. The predicted octanol–water partition coefficient (Wildman–Crippen LogP) is 1.88. The molecule has 0 atom stereocenters. The second kappa shape index (κ2) is 5.08. The van der Waals surface area contributed by atoms with Crippen molar-refractivity contribution in [3.63, 3.8) is 0 Å². The standard InChI is InChI=1S/C13H19N5/c1-4-12-10(8-18(3)17-12)7-16-13-11(14)5-9(2)6-15-13/h5-6,8H,4,7,14H2,1-3H3,(H,15,16). The van der Waals surface area contributed by atoms with E-state index in [1.54, 1.807) is 0 Å². The van der Waals surface area contributed by atoms with E-state index in [4.69, 9.17) is 5.73 Å². The second-order valence-electron chi connectivity index (χ2n) is 4.43. The number of nitrogens with one attached hydrogen (secondary N) is 1. The van der Waals surface area contributed by atoms with Crippen molar-refractivity contribution in [3.05, 3.63) is 35.3 Å². The van der Waals surface area contributed by atoms with Gasteiger partial charge >= 0.3 is 0 Å². The molecule has 0 aliphatic rings. The SMILES string of the molecule is CCc1nn(C)cc1CNc1ncc(C)cc1N. The molecule has 0 saturated heterocycles. The zero-order chi connectivity index (χ0) is 13.1. The van der Waals surface area contributed by atoms with Crippen LogP contribution in [0.2, 0.25) is 0 Å². The largest absolute Gasteiger partial charge is 0.396 e. The summed E-state index contributed by atoms with van der Waals surface area (Å²) in [5, 5.41) is 7.66. The quantitative estimate of drug-likeness (QED) is 0.863. The van der Waals surface area contributed by atoms with E-state index in [1.165, 1.54) is 5.56 Å². The summed E-state index contributed by atoms with van der Waals surface area (Å²) in [6.07, 6.45) is 4.76. The Balaban J connectivity index is 2.11. The minimum Gasteiger partial charge on any atom is -0.396 e. The molecule has 0 spiro atoms. The molecule has 0 aliphatic heterocycles. The number of hydrogen-bond acceptors (Lipinski definition) is 4. The summed E-state index contributed by atoms with van der Waals surface area (Å²) in [7, 11) is 1.93. The highest BCUT2D eigenvalue weighted by atomic mass is 15.3. The van der Waals surface area contributed by atoms with Gasteiger partial charge < -0.3 is 11.1 Å². The molecular weight excluding hydrogens is 226 g/mol. The van der Waals surface area contributed by atoms with Crippen LogP contribution >= 0.6 is 0 Å². The van der Waals surface area contributed by atoms with Crippen molar-refractivity contribution in [2.75, 3.05) is 11.1 Å². The van der Waals surface area contributed by atoms with Gasteiger partial charge in [-0.25, -0.2) is 4.98 Å². The van der Waals surface area contributed by atoms with Gasteiger partial charge in [0.05, 0.1) is 11.4 Å².